The Morgan fingerprint density at radius 3 is 1.80 bits per heavy atom. The van der Waals surface area contributed by atoms with Gasteiger partial charge in [0.1, 0.15) is 0 Å². The molecule has 2 aliphatic rings. The number of anilines is 2. The van der Waals surface area contributed by atoms with E-state index in [2.05, 4.69) is 176 Å². The third-order valence-corrected chi connectivity index (χ3v) is 11.3. The van der Waals surface area contributed by atoms with Gasteiger partial charge in [0.2, 0.25) is 0 Å². The molecule has 1 aliphatic heterocycles. The van der Waals surface area contributed by atoms with Crippen molar-refractivity contribution in [3.05, 3.63) is 174 Å². The van der Waals surface area contributed by atoms with Gasteiger partial charge in [-0.15, -0.1) is 0 Å². The fourth-order valence-corrected chi connectivity index (χ4v) is 8.62. The number of fused-ring (bicyclic) bond motifs is 8. The summed E-state index contributed by atoms with van der Waals surface area (Å²) in [7, 11) is 0. The first-order valence-electron chi connectivity index (χ1n) is 17.7. The molecule has 2 heteroatoms. The molecule has 1 heterocycles. The zero-order valence-electron chi connectivity index (χ0n) is 28.8. The Morgan fingerprint density at radius 1 is 0.471 bits per heavy atom. The lowest BCUT2D eigenvalue weighted by Crippen LogP contribution is -2.21. The summed E-state index contributed by atoms with van der Waals surface area (Å²) in [4.78, 5) is 6.82. The predicted molar refractivity (Wildman–Crippen MR) is 217 cm³/mol. The molecule has 0 bridgehead atoms. The van der Waals surface area contributed by atoms with Crippen LogP contribution >= 0.6 is 0 Å². The molecule has 0 spiro atoms. The van der Waals surface area contributed by atoms with E-state index < -0.39 is 0 Å². The fourth-order valence-electron chi connectivity index (χ4n) is 8.62. The molecule has 2 nitrogen and oxygen atoms in total. The summed E-state index contributed by atoms with van der Waals surface area (Å²) in [5.74, 6) is 0. The summed E-state index contributed by atoms with van der Waals surface area (Å²) in [6.07, 6.45) is 0. The first-order valence-corrected chi connectivity index (χ1v) is 17.7. The number of para-hydroxylation sites is 2. The van der Waals surface area contributed by atoms with Crippen LogP contribution in [-0.2, 0) is 12.0 Å². The van der Waals surface area contributed by atoms with E-state index in [0.29, 0.717) is 0 Å². The zero-order chi connectivity index (χ0) is 34.3. The van der Waals surface area contributed by atoms with Gasteiger partial charge in [0.05, 0.1) is 17.1 Å². The maximum atomic E-state index is 4.41. The van der Waals surface area contributed by atoms with Crippen LogP contribution in [0.15, 0.2) is 163 Å². The minimum atomic E-state index is -0.0156. The van der Waals surface area contributed by atoms with Crippen LogP contribution in [0.4, 0.5) is 17.1 Å². The van der Waals surface area contributed by atoms with E-state index in [0.717, 1.165) is 17.9 Å². The summed E-state index contributed by atoms with van der Waals surface area (Å²) in [6.45, 7) is 9.35. The van der Waals surface area contributed by atoms with Crippen molar-refractivity contribution in [1.29, 1.82) is 0 Å². The Kier molecular flexibility index (Phi) is 6.47. The van der Waals surface area contributed by atoms with Gasteiger partial charge in [-0.3, -0.25) is 4.99 Å². The highest BCUT2D eigenvalue weighted by Crippen LogP contribution is 2.50. The van der Waals surface area contributed by atoms with Gasteiger partial charge in [0, 0.05) is 17.5 Å². The minimum absolute atomic E-state index is 0.0156. The summed E-state index contributed by atoms with van der Waals surface area (Å²) in [5.41, 5.74) is 17.4. The summed E-state index contributed by atoms with van der Waals surface area (Å²) < 4.78 is 0. The predicted octanol–water partition coefficient (Wildman–Crippen LogP) is 13.3. The number of rotatable bonds is 4. The van der Waals surface area contributed by atoms with Crippen molar-refractivity contribution < 1.29 is 0 Å². The van der Waals surface area contributed by atoms with Crippen molar-refractivity contribution in [3.63, 3.8) is 0 Å². The van der Waals surface area contributed by atoms with Crippen LogP contribution in [0, 0.1) is 0 Å². The largest absolute Gasteiger partial charge is 0.335 e. The molecular formula is C49H36N2. The number of nitrogens with zero attached hydrogens (tertiary/aromatic N) is 2. The summed E-state index contributed by atoms with van der Waals surface area (Å²) in [5, 5.41) is 5.00. The fraction of sp³-hybridized carbons (Fsp3) is 0.0816. The van der Waals surface area contributed by atoms with E-state index in [1.54, 1.807) is 0 Å². The highest BCUT2D eigenvalue weighted by Gasteiger charge is 2.35. The van der Waals surface area contributed by atoms with Crippen LogP contribution in [0.2, 0.25) is 0 Å². The monoisotopic (exact) mass is 652 g/mol. The Labute approximate surface area is 299 Å². The van der Waals surface area contributed by atoms with Crippen LogP contribution in [-0.4, -0.2) is 6.72 Å². The lowest BCUT2D eigenvalue weighted by atomic mass is 9.81. The van der Waals surface area contributed by atoms with Gasteiger partial charge in [-0.2, -0.15) is 0 Å². The second-order valence-electron chi connectivity index (χ2n) is 14.5. The van der Waals surface area contributed by atoms with Crippen LogP contribution in [0.5, 0.6) is 0 Å². The molecule has 0 radical (unpaired) electrons. The van der Waals surface area contributed by atoms with Crippen LogP contribution < -0.4 is 4.90 Å². The lowest BCUT2D eigenvalue weighted by molar-refractivity contribution is 0.660. The van der Waals surface area contributed by atoms with Gasteiger partial charge in [-0.25, -0.2) is 0 Å². The van der Waals surface area contributed by atoms with Crippen molar-refractivity contribution in [1.82, 2.24) is 0 Å². The summed E-state index contributed by atoms with van der Waals surface area (Å²) in [6, 6.07) is 58.2. The average Bonchev–Trinajstić information content (AvgIpc) is 3.41. The molecule has 8 aromatic carbocycles. The minimum Gasteiger partial charge on any atom is -0.335 e. The highest BCUT2D eigenvalue weighted by atomic mass is 15.2. The molecule has 0 saturated heterocycles. The van der Waals surface area contributed by atoms with E-state index in [-0.39, 0.29) is 5.41 Å². The number of hydrogen-bond acceptors (Lipinski definition) is 2. The molecule has 10 rings (SSSR count). The standard InChI is InChI=1S/C49H36N2/c1-49(2)44-13-7-6-12-40(44)41-22-20-37(28-45(41)49)35-18-16-34-25-36(19-17-33(34)24-35)38-21-23-42-43-27-32-11-5-4-10-31(32)26-39(43)30-51(48(42)29-38)47-15-9-8-14-46(47)50-3/h4-29H,3,30H2,1-2H3. The van der Waals surface area contributed by atoms with Gasteiger partial charge in [-0.1, -0.05) is 123 Å². The van der Waals surface area contributed by atoms with E-state index >= 15 is 0 Å². The molecule has 1 aliphatic carbocycles. The third kappa shape index (κ3) is 4.60. The maximum absolute atomic E-state index is 4.41. The van der Waals surface area contributed by atoms with Crippen molar-refractivity contribution >= 4 is 45.3 Å². The second kappa shape index (κ2) is 11.1. The van der Waals surface area contributed by atoms with Crippen molar-refractivity contribution in [2.24, 2.45) is 4.99 Å². The Balaban J connectivity index is 1.05. The van der Waals surface area contributed by atoms with Crippen LogP contribution in [0.1, 0.15) is 30.5 Å². The molecule has 242 valence electrons. The maximum Gasteiger partial charge on any atom is 0.0859 e. The van der Waals surface area contributed by atoms with Gasteiger partial charge < -0.3 is 4.90 Å². The Morgan fingerprint density at radius 2 is 1.04 bits per heavy atom. The second-order valence-corrected chi connectivity index (χ2v) is 14.5. The lowest BCUT2D eigenvalue weighted by Gasteiger charge is -2.34. The smallest absolute Gasteiger partial charge is 0.0859 e. The van der Waals surface area contributed by atoms with Gasteiger partial charge in [0.25, 0.3) is 0 Å². The first-order chi connectivity index (χ1) is 25.0. The van der Waals surface area contributed by atoms with E-state index in [1.807, 2.05) is 12.1 Å². The molecule has 0 atom stereocenters. The molecule has 0 fully saturated rings. The van der Waals surface area contributed by atoms with E-state index in [9.17, 15) is 0 Å². The Hall–Kier alpha value is -6.25. The van der Waals surface area contributed by atoms with Crippen molar-refractivity contribution in [3.8, 4) is 44.5 Å². The van der Waals surface area contributed by atoms with Crippen LogP contribution in [0.3, 0.4) is 0 Å². The summed E-state index contributed by atoms with van der Waals surface area (Å²) >= 11 is 0. The van der Waals surface area contributed by atoms with Gasteiger partial charge >= 0.3 is 0 Å². The average molecular weight is 653 g/mol. The van der Waals surface area contributed by atoms with E-state index in [4.69, 9.17) is 0 Å². The van der Waals surface area contributed by atoms with Crippen LogP contribution in [0.25, 0.3) is 66.1 Å². The molecule has 0 aromatic heterocycles. The molecule has 0 unspecified atom stereocenters. The molecule has 51 heavy (non-hydrogen) atoms. The highest BCUT2D eigenvalue weighted by molar-refractivity contribution is 5.98. The number of benzene rings is 8. The normalized spacial score (nSPS) is 13.8. The van der Waals surface area contributed by atoms with Gasteiger partial charge in [-0.05, 0) is 132 Å². The zero-order valence-corrected chi connectivity index (χ0v) is 28.8. The Bertz CT molecular complexity index is 2730. The first kappa shape index (κ1) is 29.6. The quantitative estimate of drug-likeness (QED) is 0.173. The topological polar surface area (TPSA) is 15.6 Å². The third-order valence-electron chi connectivity index (χ3n) is 11.3. The molecular weight excluding hydrogens is 617 g/mol. The molecule has 8 aromatic rings. The van der Waals surface area contributed by atoms with E-state index in [1.165, 1.54) is 88.4 Å². The van der Waals surface area contributed by atoms with Gasteiger partial charge in [0.15, 0.2) is 0 Å². The molecule has 0 N–H and O–H groups in total. The van der Waals surface area contributed by atoms with Crippen molar-refractivity contribution in [2.75, 3.05) is 4.90 Å². The molecule has 0 saturated carbocycles. The number of aliphatic imine (C=N–C) groups is 1. The number of hydrogen-bond donors (Lipinski definition) is 0. The van der Waals surface area contributed by atoms with Crippen molar-refractivity contribution in [2.45, 2.75) is 25.8 Å². The SMILES string of the molecule is C=Nc1ccccc1N1Cc2cc3ccccc3cc2-c2ccc(-c3ccc4cc(-c5ccc6c(c5)C(C)(C)c5ccccc5-6)ccc4c3)cc21. The molecule has 0 amide bonds.